The molecule has 86 valence electrons. The van der Waals surface area contributed by atoms with E-state index in [1.165, 1.54) is 16.8 Å². The van der Waals surface area contributed by atoms with Crippen LogP contribution in [-0.2, 0) is 0 Å². The Bertz CT molecular complexity index is 474. The van der Waals surface area contributed by atoms with Gasteiger partial charge in [0.05, 0.1) is 15.2 Å². The Labute approximate surface area is 101 Å². The molecule has 0 fully saturated rings. The van der Waals surface area contributed by atoms with Crippen LogP contribution in [0.25, 0.3) is 10.2 Å². The molecule has 1 N–H and O–H groups in total. The molecular formula is C13H18N2S. The van der Waals surface area contributed by atoms with E-state index in [0.29, 0.717) is 0 Å². The van der Waals surface area contributed by atoms with Crippen molar-refractivity contribution >= 4 is 27.2 Å². The monoisotopic (exact) mass is 234 g/mol. The van der Waals surface area contributed by atoms with Crippen LogP contribution in [0.15, 0.2) is 18.2 Å². The normalized spacial score (nSPS) is 11.2. The van der Waals surface area contributed by atoms with Gasteiger partial charge in [-0.3, -0.25) is 0 Å². The van der Waals surface area contributed by atoms with Gasteiger partial charge in [-0.1, -0.05) is 13.8 Å². The number of rotatable bonds is 4. The first kappa shape index (κ1) is 11.4. The van der Waals surface area contributed by atoms with E-state index in [1.807, 2.05) is 0 Å². The molecule has 0 aliphatic rings. The fourth-order valence-electron chi connectivity index (χ4n) is 1.65. The third kappa shape index (κ3) is 2.73. The maximum absolute atomic E-state index is 4.45. The number of nitrogens with one attached hydrogen (secondary N) is 1. The fraction of sp³-hybridized carbons (Fsp3) is 0.462. The lowest BCUT2D eigenvalue weighted by atomic mass is 10.1. The summed E-state index contributed by atoms with van der Waals surface area (Å²) >= 11 is 1.75. The Morgan fingerprint density at radius 1 is 1.38 bits per heavy atom. The standard InChI is InChI=1S/C13H18N2S/c1-9(2)6-7-14-11-4-5-12-13(8-11)16-10(3)15-12/h4-5,8-9,14H,6-7H2,1-3H3. The number of thiazole rings is 1. The van der Waals surface area contributed by atoms with Gasteiger partial charge in [0.15, 0.2) is 0 Å². The minimum Gasteiger partial charge on any atom is -0.385 e. The molecular weight excluding hydrogens is 216 g/mol. The SMILES string of the molecule is Cc1nc2ccc(NCCC(C)C)cc2s1. The summed E-state index contributed by atoms with van der Waals surface area (Å²) in [5.74, 6) is 0.752. The minimum atomic E-state index is 0.752. The van der Waals surface area contributed by atoms with Gasteiger partial charge in [-0.15, -0.1) is 11.3 Å². The number of aromatic nitrogens is 1. The largest absolute Gasteiger partial charge is 0.385 e. The zero-order valence-electron chi connectivity index (χ0n) is 10.1. The van der Waals surface area contributed by atoms with Crippen molar-refractivity contribution in [3.63, 3.8) is 0 Å². The predicted molar refractivity (Wildman–Crippen MR) is 72.3 cm³/mol. The molecule has 0 aliphatic heterocycles. The highest BCUT2D eigenvalue weighted by Gasteiger charge is 2.01. The highest BCUT2D eigenvalue weighted by atomic mass is 32.1. The quantitative estimate of drug-likeness (QED) is 0.862. The summed E-state index contributed by atoms with van der Waals surface area (Å²) < 4.78 is 1.27. The van der Waals surface area contributed by atoms with Crippen molar-refractivity contribution < 1.29 is 0 Å². The Morgan fingerprint density at radius 2 is 2.19 bits per heavy atom. The third-order valence-corrected chi connectivity index (χ3v) is 3.48. The van der Waals surface area contributed by atoms with Gasteiger partial charge in [0.2, 0.25) is 0 Å². The maximum atomic E-state index is 4.45. The predicted octanol–water partition coefficient (Wildman–Crippen LogP) is 4.06. The first-order chi connectivity index (χ1) is 7.65. The van der Waals surface area contributed by atoms with Crippen molar-refractivity contribution in [1.29, 1.82) is 0 Å². The summed E-state index contributed by atoms with van der Waals surface area (Å²) in [6.07, 6.45) is 1.21. The molecule has 3 heteroatoms. The molecule has 0 atom stereocenters. The number of nitrogens with zero attached hydrogens (tertiary/aromatic N) is 1. The van der Waals surface area contributed by atoms with Gasteiger partial charge >= 0.3 is 0 Å². The molecule has 0 bridgehead atoms. The highest BCUT2D eigenvalue weighted by molar-refractivity contribution is 7.18. The van der Waals surface area contributed by atoms with Gasteiger partial charge in [0.1, 0.15) is 0 Å². The van der Waals surface area contributed by atoms with E-state index in [2.05, 4.69) is 49.3 Å². The van der Waals surface area contributed by atoms with Crippen molar-refractivity contribution in [2.45, 2.75) is 27.2 Å². The Balaban J connectivity index is 2.07. The number of hydrogen-bond acceptors (Lipinski definition) is 3. The zero-order chi connectivity index (χ0) is 11.5. The third-order valence-electron chi connectivity index (χ3n) is 2.55. The van der Waals surface area contributed by atoms with Crippen molar-refractivity contribution in [2.24, 2.45) is 5.92 Å². The average Bonchev–Trinajstić information content (AvgIpc) is 2.56. The fourth-order valence-corrected chi connectivity index (χ4v) is 2.52. The maximum Gasteiger partial charge on any atom is 0.0907 e. The molecule has 0 radical (unpaired) electrons. The molecule has 0 amide bonds. The van der Waals surface area contributed by atoms with E-state index in [-0.39, 0.29) is 0 Å². The van der Waals surface area contributed by atoms with E-state index in [9.17, 15) is 0 Å². The molecule has 0 saturated carbocycles. The van der Waals surface area contributed by atoms with Crippen molar-refractivity contribution in [2.75, 3.05) is 11.9 Å². The number of anilines is 1. The van der Waals surface area contributed by atoms with Crippen molar-refractivity contribution in [3.8, 4) is 0 Å². The molecule has 0 saturated heterocycles. The molecule has 16 heavy (non-hydrogen) atoms. The molecule has 0 spiro atoms. The number of hydrogen-bond donors (Lipinski definition) is 1. The molecule has 1 heterocycles. The van der Waals surface area contributed by atoms with Crippen molar-refractivity contribution in [3.05, 3.63) is 23.2 Å². The lowest BCUT2D eigenvalue weighted by molar-refractivity contribution is 0.607. The van der Waals surface area contributed by atoms with Crippen LogP contribution in [0.3, 0.4) is 0 Å². The van der Waals surface area contributed by atoms with E-state index in [0.717, 1.165) is 23.0 Å². The topological polar surface area (TPSA) is 24.9 Å². The summed E-state index contributed by atoms with van der Waals surface area (Å²) in [6, 6.07) is 6.40. The summed E-state index contributed by atoms with van der Waals surface area (Å²) in [5, 5.41) is 4.59. The van der Waals surface area contributed by atoms with Crippen LogP contribution < -0.4 is 5.32 Å². The molecule has 2 rings (SSSR count). The number of benzene rings is 1. The van der Waals surface area contributed by atoms with Gasteiger partial charge in [-0.05, 0) is 37.5 Å². The minimum absolute atomic E-state index is 0.752. The zero-order valence-corrected chi connectivity index (χ0v) is 10.9. The molecule has 0 unspecified atom stereocenters. The van der Waals surface area contributed by atoms with Gasteiger partial charge in [0, 0.05) is 12.2 Å². The van der Waals surface area contributed by atoms with Crippen LogP contribution in [0.2, 0.25) is 0 Å². The van der Waals surface area contributed by atoms with E-state index >= 15 is 0 Å². The van der Waals surface area contributed by atoms with Gasteiger partial charge < -0.3 is 5.32 Å². The second-order valence-electron chi connectivity index (χ2n) is 4.52. The van der Waals surface area contributed by atoms with Crippen LogP contribution >= 0.6 is 11.3 Å². The van der Waals surface area contributed by atoms with Crippen LogP contribution in [0, 0.1) is 12.8 Å². The first-order valence-corrected chi connectivity index (χ1v) is 6.58. The molecule has 1 aromatic carbocycles. The van der Waals surface area contributed by atoms with Crippen molar-refractivity contribution in [1.82, 2.24) is 4.98 Å². The number of aryl methyl sites for hydroxylation is 1. The molecule has 2 nitrogen and oxygen atoms in total. The second kappa shape index (κ2) is 4.83. The summed E-state index contributed by atoms with van der Waals surface area (Å²) in [5.41, 5.74) is 2.31. The summed E-state index contributed by atoms with van der Waals surface area (Å²) in [7, 11) is 0. The van der Waals surface area contributed by atoms with Crippen LogP contribution in [0.4, 0.5) is 5.69 Å². The highest BCUT2D eigenvalue weighted by Crippen LogP contribution is 2.24. The Kier molecular flexibility index (Phi) is 3.44. The lowest BCUT2D eigenvalue weighted by Gasteiger charge is -2.07. The molecule has 2 aromatic rings. The van der Waals surface area contributed by atoms with Crippen LogP contribution in [0.1, 0.15) is 25.3 Å². The molecule has 1 aromatic heterocycles. The van der Waals surface area contributed by atoms with Crippen LogP contribution in [0.5, 0.6) is 0 Å². The van der Waals surface area contributed by atoms with Gasteiger partial charge in [-0.2, -0.15) is 0 Å². The summed E-state index contributed by atoms with van der Waals surface area (Å²) in [6.45, 7) is 7.59. The first-order valence-electron chi connectivity index (χ1n) is 5.76. The Hall–Kier alpha value is -1.09. The van der Waals surface area contributed by atoms with E-state index in [4.69, 9.17) is 0 Å². The van der Waals surface area contributed by atoms with E-state index < -0.39 is 0 Å². The van der Waals surface area contributed by atoms with Gasteiger partial charge in [-0.25, -0.2) is 4.98 Å². The lowest BCUT2D eigenvalue weighted by Crippen LogP contribution is -2.04. The Morgan fingerprint density at radius 3 is 2.94 bits per heavy atom. The summed E-state index contributed by atoms with van der Waals surface area (Å²) in [4.78, 5) is 4.45. The second-order valence-corrected chi connectivity index (χ2v) is 5.76. The van der Waals surface area contributed by atoms with Crippen LogP contribution in [-0.4, -0.2) is 11.5 Å². The van der Waals surface area contributed by atoms with Gasteiger partial charge in [0.25, 0.3) is 0 Å². The molecule has 0 aliphatic carbocycles. The van der Waals surface area contributed by atoms with E-state index in [1.54, 1.807) is 11.3 Å². The smallest absolute Gasteiger partial charge is 0.0907 e. The average molecular weight is 234 g/mol. The number of fused-ring (bicyclic) bond motifs is 1.